The first-order chi connectivity index (χ1) is 10.2. The number of nitriles is 1. The molecule has 1 N–H and O–H groups in total. The van der Waals surface area contributed by atoms with E-state index in [9.17, 15) is 10.1 Å². The fourth-order valence-electron chi connectivity index (χ4n) is 2.36. The number of aromatic amines is 1. The van der Waals surface area contributed by atoms with Gasteiger partial charge in [0.15, 0.2) is 0 Å². The van der Waals surface area contributed by atoms with Gasteiger partial charge in [-0.25, -0.2) is 0 Å². The Kier molecular flexibility index (Phi) is 3.43. The van der Waals surface area contributed by atoms with E-state index in [2.05, 4.69) is 4.98 Å². The largest absolute Gasteiger partial charge is 0.360 e. The summed E-state index contributed by atoms with van der Waals surface area (Å²) < 4.78 is 0. The standard InChI is InChI=1S/C17H12N2OS/c1-11-3-2-4-15-16(11)14(9-19-15)17(20)13(8-18)7-12-5-6-21-10-12/h2-7,9-10,19H,1H3/b13-7-. The van der Waals surface area contributed by atoms with Gasteiger partial charge in [0.2, 0.25) is 5.78 Å². The highest BCUT2D eigenvalue weighted by Gasteiger charge is 2.17. The van der Waals surface area contributed by atoms with Gasteiger partial charge in [0.05, 0.1) is 0 Å². The second-order valence-electron chi connectivity index (χ2n) is 4.76. The van der Waals surface area contributed by atoms with E-state index >= 15 is 0 Å². The minimum absolute atomic E-state index is 0.151. The summed E-state index contributed by atoms with van der Waals surface area (Å²) in [6, 6.07) is 9.72. The van der Waals surface area contributed by atoms with Gasteiger partial charge in [0, 0.05) is 22.7 Å². The van der Waals surface area contributed by atoms with E-state index in [4.69, 9.17) is 0 Å². The van der Waals surface area contributed by atoms with Crippen LogP contribution in [0.2, 0.25) is 0 Å². The molecule has 2 heterocycles. The third-order valence-corrected chi connectivity index (χ3v) is 4.08. The first-order valence-electron chi connectivity index (χ1n) is 6.46. The highest BCUT2D eigenvalue weighted by Crippen LogP contribution is 2.25. The van der Waals surface area contributed by atoms with Crippen molar-refractivity contribution < 1.29 is 4.79 Å². The van der Waals surface area contributed by atoms with Gasteiger partial charge in [-0.3, -0.25) is 4.79 Å². The molecule has 0 saturated carbocycles. The molecule has 0 unspecified atom stereocenters. The van der Waals surface area contributed by atoms with Crippen molar-refractivity contribution in [1.82, 2.24) is 4.98 Å². The summed E-state index contributed by atoms with van der Waals surface area (Å²) >= 11 is 1.53. The molecular weight excluding hydrogens is 280 g/mol. The average molecular weight is 292 g/mol. The van der Waals surface area contributed by atoms with Crippen LogP contribution in [0.3, 0.4) is 0 Å². The molecular formula is C17H12N2OS. The van der Waals surface area contributed by atoms with Crippen LogP contribution in [0.5, 0.6) is 0 Å². The molecule has 0 aliphatic carbocycles. The van der Waals surface area contributed by atoms with Crippen LogP contribution in [0, 0.1) is 18.3 Å². The summed E-state index contributed by atoms with van der Waals surface area (Å²) in [5.41, 5.74) is 3.50. The molecule has 0 atom stereocenters. The molecule has 102 valence electrons. The Hall–Kier alpha value is -2.64. The number of fused-ring (bicyclic) bond motifs is 1. The number of H-pyrrole nitrogens is 1. The van der Waals surface area contributed by atoms with E-state index in [0.717, 1.165) is 22.0 Å². The molecule has 0 bridgehead atoms. The summed E-state index contributed by atoms with van der Waals surface area (Å²) in [5.74, 6) is -0.246. The number of hydrogen-bond donors (Lipinski definition) is 1. The Morgan fingerprint density at radius 2 is 2.24 bits per heavy atom. The number of nitrogens with zero attached hydrogens (tertiary/aromatic N) is 1. The quantitative estimate of drug-likeness (QED) is 0.444. The van der Waals surface area contributed by atoms with Crippen LogP contribution in [0.4, 0.5) is 0 Å². The van der Waals surface area contributed by atoms with Crippen molar-refractivity contribution in [3.05, 3.63) is 63.5 Å². The van der Waals surface area contributed by atoms with Crippen LogP contribution < -0.4 is 0 Å². The molecule has 3 nitrogen and oxygen atoms in total. The van der Waals surface area contributed by atoms with Gasteiger partial charge in [-0.2, -0.15) is 16.6 Å². The number of hydrogen-bond acceptors (Lipinski definition) is 3. The van der Waals surface area contributed by atoms with E-state index in [1.165, 1.54) is 11.3 Å². The lowest BCUT2D eigenvalue weighted by Gasteiger charge is -2.00. The molecule has 0 fully saturated rings. The third-order valence-electron chi connectivity index (χ3n) is 3.38. The van der Waals surface area contributed by atoms with Gasteiger partial charge < -0.3 is 4.98 Å². The predicted molar refractivity (Wildman–Crippen MR) is 85.3 cm³/mol. The summed E-state index contributed by atoms with van der Waals surface area (Å²) in [5, 5.41) is 14.0. The van der Waals surface area contributed by atoms with E-state index in [0.29, 0.717) is 5.56 Å². The Morgan fingerprint density at radius 3 is 2.95 bits per heavy atom. The highest BCUT2D eigenvalue weighted by molar-refractivity contribution is 7.08. The first kappa shape index (κ1) is 13.3. The first-order valence-corrected chi connectivity index (χ1v) is 7.40. The van der Waals surface area contributed by atoms with Crippen LogP contribution in [0.1, 0.15) is 21.5 Å². The van der Waals surface area contributed by atoms with E-state index in [1.807, 2.05) is 48.0 Å². The molecule has 0 aliphatic rings. The lowest BCUT2D eigenvalue weighted by molar-refractivity contribution is 0.104. The zero-order valence-corrected chi connectivity index (χ0v) is 12.2. The number of Topliss-reactive ketones (excluding diaryl/α,β-unsaturated/α-hetero) is 1. The van der Waals surface area contributed by atoms with Crippen LogP contribution in [-0.2, 0) is 0 Å². The van der Waals surface area contributed by atoms with Crippen molar-refractivity contribution in [3.8, 4) is 6.07 Å². The third kappa shape index (κ3) is 2.39. The maximum atomic E-state index is 12.6. The molecule has 21 heavy (non-hydrogen) atoms. The van der Waals surface area contributed by atoms with E-state index in [1.54, 1.807) is 12.3 Å². The van der Waals surface area contributed by atoms with E-state index < -0.39 is 0 Å². The summed E-state index contributed by atoms with van der Waals surface area (Å²) in [6.07, 6.45) is 3.31. The molecule has 4 heteroatoms. The number of nitrogens with one attached hydrogen (secondary N) is 1. The van der Waals surface area contributed by atoms with Crippen molar-refractivity contribution in [2.24, 2.45) is 0 Å². The molecule has 3 aromatic rings. The SMILES string of the molecule is Cc1cccc2[nH]cc(C(=O)/C(C#N)=C\c3ccsc3)c12. The summed E-state index contributed by atoms with van der Waals surface area (Å²) in [6.45, 7) is 1.96. The van der Waals surface area contributed by atoms with Gasteiger partial charge in [0.25, 0.3) is 0 Å². The number of aryl methyl sites for hydroxylation is 1. The topological polar surface area (TPSA) is 56.6 Å². The predicted octanol–water partition coefficient (Wildman–Crippen LogP) is 4.33. The maximum absolute atomic E-state index is 12.6. The molecule has 0 spiro atoms. The number of benzene rings is 1. The molecule has 0 saturated heterocycles. The van der Waals surface area contributed by atoms with Crippen molar-refractivity contribution in [3.63, 3.8) is 0 Å². The highest BCUT2D eigenvalue weighted by atomic mass is 32.1. The minimum Gasteiger partial charge on any atom is -0.360 e. The maximum Gasteiger partial charge on any atom is 0.205 e. The Morgan fingerprint density at radius 1 is 1.38 bits per heavy atom. The van der Waals surface area contributed by atoms with Gasteiger partial charge in [0.1, 0.15) is 11.6 Å². The van der Waals surface area contributed by atoms with Crippen LogP contribution in [0.25, 0.3) is 17.0 Å². The Bertz CT molecular complexity index is 879. The second kappa shape index (κ2) is 5.39. The number of carbonyl (C=O) groups excluding carboxylic acids is 1. The lowest BCUT2D eigenvalue weighted by Crippen LogP contribution is -2.01. The number of ketones is 1. The van der Waals surface area contributed by atoms with E-state index in [-0.39, 0.29) is 11.4 Å². The number of allylic oxidation sites excluding steroid dienone is 1. The monoisotopic (exact) mass is 292 g/mol. The number of aromatic nitrogens is 1. The van der Waals surface area contributed by atoms with Gasteiger partial charge in [-0.1, -0.05) is 12.1 Å². The molecule has 1 aromatic carbocycles. The molecule has 0 amide bonds. The normalized spacial score (nSPS) is 11.5. The number of thiophene rings is 1. The second-order valence-corrected chi connectivity index (χ2v) is 5.54. The molecule has 0 radical (unpaired) electrons. The fraction of sp³-hybridized carbons (Fsp3) is 0.0588. The molecule has 0 aliphatic heterocycles. The van der Waals surface area contributed by atoms with Crippen molar-refractivity contribution in [1.29, 1.82) is 5.26 Å². The molecule has 2 aromatic heterocycles. The van der Waals surface area contributed by atoms with Crippen molar-refractivity contribution in [2.45, 2.75) is 6.92 Å². The smallest absolute Gasteiger partial charge is 0.205 e. The summed E-state index contributed by atoms with van der Waals surface area (Å²) in [4.78, 5) is 15.7. The zero-order valence-electron chi connectivity index (χ0n) is 11.4. The van der Waals surface area contributed by atoms with Crippen LogP contribution >= 0.6 is 11.3 Å². The molecule has 3 rings (SSSR count). The zero-order chi connectivity index (χ0) is 14.8. The Labute approximate surface area is 126 Å². The Balaban J connectivity index is 2.10. The number of rotatable bonds is 3. The van der Waals surface area contributed by atoms with Gasteiger partial charge >= 0.3 is 0 Å². The van der Waals surface area contributed by atoms with Crippen molar-refractivity contribution in [2.75, 3.05) is 0 Å². The average Bonchev–Trinajstić information content (AvgIpc) is 3.14. The van der Waals surface area contributed by atoms with Gasteiger partial charge in [-0.05, 0) is 47.0 Å². The fourth-order valence-corrected chi connectivity index (χ4v) is 2.98. The lowest BCUT2D eigenvalue weighted by atomic mass is 9.99. The van der Waals surface area contributed by atoms with Crippen molar-refractivity contribution >= 4 is 34.1 Å². The van der Waals surface area contributed by atoms with Crippen LogP contribution in [0.15, 0.2) is 46.8 Å². The summed E-state index contributed by atoms with van der Waals surface area (Å²) in [7, 11) is 0. The minimum atomic E-state index is -0.246. The van der Waals surface area contributed by atoms with Crippen LogP contribution in [-0.4, -0.2) is 10.8 Å². The van der Waals surface area contributed by atoms with Gasteiger partial charge in [-0.15, -0.1) is 0 Å². The number of carbonyl (C=O) groups is 1.